The predicted octanol–water partition coefficient (Wildman–Crippen LogP) is 4.81. The topological polar surface area (TPSA) is 76.2 Å². The zero-order valence-electron chi connectivity index (χ0n) is 25.4. The lowest BCUT2D eigenvalue weighted by atomic mass is 9.92. The quantitative estimate of drug-likeness (QED) is 0.437. The molecule has 0 aliphatic carbocycles. The number of nitrogens with zero attached hydrogens (tertiary/aromatic N) is 4. The Morgan fingerprint density at radius 3 is 2.09 bits per heavy atom. The van der Waals surface area contributed by atoms with Crippen molar-refractivity contribution in [2.45, 2.75) is 49.2 Å². The van der Waals surface area contributed by atoms with Gasteiger partial charge in [0.15, 0.2) is 0 Å². The van der Waals surface area contributed by atoms with Crippen molar-refractivity contribution in [1.29, 1.82) is 0 Å². The van der Waals surface area contributed by atoms with Crippen molar-refractivity contribution < 1.29 is 27.6 Å². The molecule has 3 amide bonds. The Labute approximate surface area is 271 Å². The number of rotatable bonds is 8. The van der Waals surface area contributed by atoms with Crippen LogP contribution in [0.5, 0.6) is 0 Å². The number of thioether (sulfide) groups is 1. The number of likely N-dealkylation sites (tertiary alicyclic amines) is 2. The number of piperidine rings is 1. The van der Waals surface area contributed by atoms with Crippen LogP contribution in [0.25, 0.3) is 0 Å². The second-order valence-corrected chi connectivity index (χ2v) is 13.3. The number of alkyl halides is 3. The summed E-state index contributed by atoms with van der Waals surface area (Å²) >= 11 is 7.47. The Morgan fingerprint density at radius 2 is 1.53 bits per heavy atom. The number of benzene rings is 2. The molecule has 3 saturated heterocycles. The van der Waals surface area contributed by atoms with Crippen LogP contribution in [0, 0.1) is 0 Å². The van der Waals surface area contributed by atoms with Gasteiger partial charge in [-0.15, -0.1) is 0 Å². The molecule has 1 N–H and O–H groups in total. The number of halogens is 4. The van der Waals surface area contributed by atoms with Crippen LogP contribution in [0.4, 0.5) is 18.9 Å². The molecule has 0 bridgehead atoms. The Morgan fingerprint density at radius 1 is 0.911 bits per heavy atom. The van der Waals surface area contributed by atoms with Gasteiger partial charge in [-0.25, -0.2) is 0 Å². The van der Waals surface area contributed by atoms with Gasteiger partial charge in [-0.1, -0.05) is 41.9 Å². The molecule has 0 aromatic heterocycles. The Hall–Kier alpha value is -2.96. The van der Waals surface area contributed by atoms with Gasteiger partial charge >= 0.3 is 6.18 Å². The average molecular weight is 666 g/mol. The maximum absolute atomic E-state index is 14.1. The maximum atomic E-state index is 14.1. The lowest BCUT2D eigenvalue weighted by Gasteiger charge is -2.48. The predicted molar refractivity (Wildman–Crippen MR) is 171 cm³/mol. The van der Waals surface area contributed by atoms with E-state index in [1.807, 2.05) is 6.07 Å². The fourth-order valence-corrected chi connectivity index (χ4v) is 7.71. The first-order valence-electron chi connectivity index (χ1n) is 15.2. The third-order valence-electron chi connectivity index (χ3n) is 9.10. The van der Waals surface area contributed by atoms with Gasteiger partial charge in [-0.3, -0.25) is 19.3 Å². The molecule has 5 rings (SSSR count). The van der Waals surface area contributed by atoms with Crippen molar-refractivity contribution in [1.82, 2.24) is 19.6 Å². The standard InChI is InChI=1S/C32H39ClF3N5O3S/c1-21(42)38-14-16-40(17-15-38)30(43)26-9-8-23(18-27(26)33)37-24-19-41(20-24)25-10-12-39(13-11-25)31(44)29(45-2)28(32(34,35)36)22-6-4-3-5-7-22/h3-9,18,24-25,28-29,37H,10-17,19-20H2,1-2H3. The van der Waals surface area contributed by atoms with Crippen molar-refractivity contribution in [2.75, 3.05) is 63.9 Å². The van der Waals surface area contributed by atoms with E-state index in [4.69, 9.17) is 11.6 Å². The third-order valence-corrected chi connectivity index (χ3v) is 10.4. The summed E-state index contributed by atoms with van der Waals surface area (Å²) in [6.07, 6.45) is -1.53. The fraction of sp³-hybridized carbons (Fsp3) is 0.531. The maximum Gasteiger partial charge on any atom is 0.397 e. The van der Waals surface area contributed by atoms with Gasteiger partial charge in [0.1, 0.15) is 5.92 Å². The highest BCUT2D eigenvalue weighted by Crippen LogP contribution is 2.42. The van der Waals surface area contributed by atoms with Crippen molar-refractivity contribution in [2.24, 2.45) is 0 Å². The summed E-state index contributed by atoms with van der Waals surface area (Å²) in [5.41, 5.74) is 1.37. The normalized spacial score (nSPS) is 20.0. The van der Waals surface area contributed by atoms with Gasteiger partial charge in [-0.2, -0.15) is 24.9 Å². The molecule has 8 nitrogen and oxygen atoms in total. The minimum Gasteiger partial charge on any atom is -0.380 e. The van der Waals surface area contributed by atoms with E-state index >= 15 is 0 Å². The molecule has 0 radical (unpaired) electrons. The molecule has 45 heavy (non-hydrogen) atoms. The van der Waals surface area contributed by atoms with E-state index in [1.165, 1.54) is 19.1 Å². The van der Waals surface area contributed by atoms with Gasteiger partial charge in [0.05, 0.1) is 21.9 Å². The first-order chi connectivity index (χ1) is 21.5. The average Bonchev–Trinajstić information content (AvgIpc) is 3.00. The monoisotopic (exact) mass is 665 g/mol. The lowest BCUT2D eigenvalue weighted by Crippen LogP contribution is -2.61. The molecular weight excluding hydrogens is 627 g/mol. The van der Waals surface area contributed by atoms with Crippen molar-refractivity contribution in [3.05, 3.63) is 64.7 Å². The van der Waals surface area contributed by atoms with Gasteiger partial charge < -0.3 is 20.0 Å². The van der Waals surface area contributed by atoms with Crippen molar-refractivity contribution in [3.63, 3.8) is 0 Å². The summed E-state index contributed by atoms with van der Waals surface area (Å²) in [6.45, 7) is 5.96. The Bertz CT molecular complexity index is 1360. The first-order valence-corrected chi connectivity index (χ1v) is 16.9. The van der Waals surface area contributed by atoms with E-state index in [0.717, 1.165) is 30.5 Å². The molecule has 3 heterocycles. The van der Waals surface area contributed by atoms with Crippen molar-refractivity contribution >= 4 is 46.8 Å². The summed E-state index contributed by atoms with van der Waals surface area (Å²) in [5, 5.41) is 2.62. The molecule has 3 fully saturated rings. The van der Waals surface area contributed by atoms with Crippen LogP contribution in [-0.2, 0) is 9.59 Å². The highest BCUT2D eigenvalue weighted by molar-refractivity contribution is 8.00. The van der Waals surface area contributed by atoms with Crippen LogP contribution in [0.2, 0.25) is 5.02 Å². The smallest absolute Gasteiger partial charge is 0.380 e. The number of hydrogen-bond donors (Lipinski definition) is 1. The zero-order chi connectivity index (χ0) is 32.3. The number of hydrogen-bond acceptors (Lipinski definition) is 6. The van der Waals surface area contributed by atoms with Crippen LogP contribution >= 0.6 is 23.4 Å². The van der Waals surface area contributed by atoms with Gasteiger partial charge in [0.2, 0.25) is 11.8 Å². The molecule has 2 aromatic carbocycles. The SMILES string of the molecule is CSC(C(=O)N1CCC(N2CC(Nc3ccc(C(=O)N4CCN(C(C)=O)CC4)c(Cl)c3)C2)CC1)C(c1ccccc1)C(F)(F)F. The molecule has 3 aliphatic heterocycles. The summed E-state index contributed by atoms with van der Waals surface area (Å²) < 4.78 is 42.4. The third kappa shape index (κ3) is 7.72. The summed E-state index contributed by atoms with van der Waals surface area (Å²) in [6, 6.07) is 13.5. The molecule has 2 aromatic rings. The number of carbonyl (C=O) groups excluding carboxylic acids is 3. The minimum atomic E-state index is -4.53. The fourth-order valence-electron chi connectivity index (χ4n) is 6.52. The molecule has 2 unspecified atom stereocenters. The number of anilines is 1. The van der Waals surface area contributed by atoms with Crippen LogP contribution < -0.4 is 5.32 Å². The van der Waals surface area contributed by atoms with E-state index in [1.54, 1.807) is 51.3 Å². The van der Waals surface area contributed by atoms with Crippen LogP contribution in [0.1, 0.15) is 41.6 Å². The van der Waals surface area contributed by atoms with E-state index < -0.39 is 23.3 Å². The molecule has 3 aliphatic rings. The van der Waals surface area contributed by atoms with E-state index in [-0.39, 0.29) is 29.5 Å². The van der Waals surface area contributed by atoms with E-state index in [2.05, 4.69) is 10.2 Å². The molecule has 2 atom stereocenters. The highest BCUT2D eigenvalue weighted by atomic mass is 35.5. The number of amides is 3. The number of carbonyl (C=O) groups is 3. The Balaban J connectivity index is 1.09. The van der Waals surface area contributed by atoms with Gasteiger partial charge in [0.25, 0.3) is 5.91 Å². The number of piperazine rings is 1. The van der Waals surface area contributed by atoms with Gasteiger partial charge in [0, 0.05) is 71.0 Å². The molecule has 0 saturated carbocycles. The van der Waals surface area contributed by atoms with E-state index in [0.29, 0.717) is 62.7 Å². The zero-order valence-corrected chi connectivity index (χ0v) is 27.0. The molecule has 0 spiro atoms. The lowest BCUT2D eigenvalue weighted by molar-refractivity contribution is -0.159. The van der Waals surface area contributed by atoms with Crippen LogP contribution in [0.3, 0.4) is 0 Å². The van der Waals surface area contributed by atoms with Crippen LogP contribution in [-0.4, -0.2) is 119 Å². The van der Waals surface area contributed by atoms with Crippen molar-refractivity contribution in [3.8, 4) is 0 Å². The number of nitrogens with one attached hydrogen (secondary N) is 1. The Kier molecular flexibility index (Phi) is 10.6. The summed E-state index contributed by atoms with van der Waals surface area (Å²) in [7, 11) is 0. The first kappa shape index (κ1) is 33.4. The largest absolute Gasteiger partial charge is 0.397 e. The second kappa shape index (κ2) is 14.2. The molecular formula is C32H39ClF3N5O3S. The van der Waals surface area contributed by atoms with Crippen LogP contribution in [0.15, 0.2) is 48.5 Å². The highest BCUT2D eigenvalue weighted by Gasteiger charge is 2.49. The molecule has 13 heteroatoms. The second-order valence-electron chi connectivity index (χ2n) is 11.9. The summed E-state index contributed by atoms with van der Waals surface area (Å²) in [4.78, 5) is 45.3. The van der Waals surface area contributed by atoms with E-state index in [9.17, 15) is 27.6 Å². The summed E-state index contributed by atoms with van der Waals surface area (Å²) in [5.74, 6) is -2.45. The minimum absolute atomic E-state index is 0.00653. The van der Waals surface area contributed by atoms with Gasteiger partial charge in [-0.05, 0) is 42.9 Å². The molecule has 244 valence electrons.